The Bertz CT molecular complexity index is 1940. The topological polar surface area (TPSA) is 237 Å². The van der Waals surface area contributed by atoms with E-state index in [1.807, 2.05) is 0 Å². The second kappa shape index (κ2) is 69.1. The lowest BCUT2D eigenvalue weighted by Crippen LogP contribution is -2.30. The lowest BCUT2D eigenvalue weighted by Gasteiger charge is -2.21. The Balaban J connectivity index is 5.26. The Kier molecular flexibility index (Phi) is 67.8. The van der Waals surface area contributed by atoms with Gasteiger partial charge in [0.1, 0.15) is 19.3 Å². The van der Waals surface area contributed by atoms with E-state index in [0.717, 1.165) is 114 Å². The SMILES string of the molecule is CCC(C)CCCCCCCCCCCCC(=O)O[C@H](COC(=O)CCCCCCCCCCC(C)C)COP(=O)(O)OC[C@H](O)COP(=O)(O)OC[C@@H](COC(=O)CCCCCCCCCCCCCCC(C)C)OC(=O)CCCCCCCCCCCCCCCCCCC(C)C. The van der Waals surface area contributed by atoms with Gasteiger partial charge in [-0.05, 0) is 49.4 Å². The summed E-state index contributed by atoms with van der Waals surface area (Å²) < 4.78 is 68.7. The maximum Gasteiger partial charge on any atom is 0.472 e. The number of carbonyl (C=O) groups is 4. The highest BCUT2D eigenvalue weighted by Gasteiger charge is 2.30. The number of phosphoric acid groups is 2. The van der Waals surface area contributed by atoms with Gasteiger partial charge < -0.3 is 33.8 Å². The Morgan fingerprint density at radius 2 is 0.485 bits per heavy atom. The molecule has 0 aliphatic heterocycles. The highest BCUT2D eigenvalue weighted by atomic mass is 31.2. The Morgan fingerprint density at radius 3 is 0.717 bits per heavy atom. The predicted octanol–water partition coefficient (Wildman–Crippen LogP) is 23.6. The molecule has 0 heterocycles. The van der Waals surface area contributed by atoms with Crippen molar-refractivity contribution in [3.05, 3.63) is 0 Å². The second-order valence-electron chi connectivity index (χ2n) is 30.5. The molecule has 19 heteroatoms. The van der Waals surface area contributed by atoms with Crippen LogP contribution in [0.15, 0.2) is 0 Å². The van der Waals surface area contributed by atoms with Gasteiger partial charge in [0, 0.05) is 25.7 Å². The summed E-state index contributed by atoms with van der Waals surface area (Å²) >= 11 is 0. The van der Waals surface area contributed by atoms with Crippen LogP contribution in [0.5, 0.6) is 0 Å². The van der Waals surface area contributed by atoms with E-state index in [-0.39, 0.29) is 25.7 Å². The van der Waals surface area contributed by atoms with Crippen molar-refractivity contribution in [1.82, 2.24) is 0 Å². The molecule has 0 bridgehead atoms. The molecule has 0 aliphatic carbocycles. The number of ether oxygens (including phenoxy) is 4. The van der Waals surface area contributed by atoms with E-state index in [1.54, 1.807) is 0 Å². The molecule has 0 aromatic carbocycles. The maximum atomic E-state index is 13.1. The summed E-state index contributed by atoms with van der Waals surface area (Å²) in [4.78, 5) is 73.0. The third kappa shape index (κ3) is 72.8. The van der Waals surface area contributed by atoms with Crippen molar-refractivity contribution in [3.63, 3.8) is 0 Å². The number of hydrogen-bond donors (Lipinski definition) is 3. The first-order valence-electron chi connectivity index (χ1n) is 41.2. The first-order valence-corrected chi connectivity index (χ1v) is 44.2. The van der Waals surface area contributed by atoms with Crippen LogP contribution >= 0.6 is 15.6 Å². The van der Waals surface area contributed by atoms with Gasteiger partial charge in [-0.3, -0.25) is 37.3 Å². The van der Waals surface area contributed by atoms with Crippen LogP contribution in [0.4, 0.5) is 0 Å². The van der Waals surface area contributed by atoms with E-state index in [4.69, 9.17) is 37.0 Å². The first kappa shape index (κ1) is 97.1. The zero-order chi connectivity index (χ0) is 73.1. The Hall–Kier alpha value is -1.94. The van der Waals surface area contributed by atoms with E-state index in [1.165, 1.54) is 212 Å². The smallest absolute Gasteiger partial charge is 0.462 e. The molecule has 0 aromatic heterocycles. The molecule has 588 valence electrons. The molecular formula is C80H156O17P2. The van der Waals surface area contributed by atoms with Gasteiger partial charge in [0.15, 0.2) is 12.2 Å². The van der Waals surface area contributed by atoms with E-state index >= 15 is 0 Å². The summed E-state index contributed by atoms with van der Waals surface area (Å²) in [6, 6.07) is 0. The molecule has 0 aromatic rings. The van der Waals surface area contributed by atoms with E-state index in [9.17, 15) is 43.2 Å². The number of unbranched alkanes of at least 4 members (excludes halogenated alkanes) is 42. The van der Waals surface area contributed by atoms with Crippen LogP contribution in [0.25, 0.3) is 0 Å². The average molecular weight is 1450 g/mol. The fourth-order valence-electron chi connectivity index (χ4n) is 12.2. The zero-order valence-corrected chi connectivity index (χ0v) is 66.9. The van der Waals surface area contributed by atoms with Crippen LogP contribution in [-0.2, 0) is 65.4 Å². The Morgan fingerprint density at radius 1 is 0.283 bits per heavy atom. The Labute approximate surface area is 607 Å². The third-order valence-corrected chi connectivity index (χ3v) is 20.8. The number of aliphatic hydroxyl groups excluding tert-OH is 1. The summed E-state index contributed by atoms with van der Waals surface area (Å²) in [5, 5.41) is 10.6. The number of aliphatic hydroxyl groups is 1. The van der Waals surface area contributed by atoms with Crippen LogP contribution in [0.3, 0.4) is 0 Å². The minimum Gasteiger partial charge on any atom is -0.462 e. The molecule has 3 unspecified atom stereocenters. The number of phosphoric ester groups is 2. The average Bonchev–Trinajstić information content (AvgIpc) is 1.04. The van der Waals surface area contributed by atoms with Gasteiger partial charge in [-0.25, -0.2) is 9.13 Å². The molecule has 0 saturated heterocycles. The van der Waals surface area contributed by atoms with Crippen molar-refractivity contribution in [3.8, 4) is 0 Å². The van der Waals surface area contributed by atoms with E-state index < -0.39 is 97.5 Å². The molecule has 0 spiro atoms. The van der Waals surface area contributed by atoms with Gasteiger partial charge in [-0.1, -0.05) is 357 Å². The van der Waals surface area contributed by atoms with Crippen molar-refractivity contribution < 1.29 is 80.2 Å². The van der Waals surface area contributed by atoms with Crippen LogP contribution in [0.2, 0.25) is 0 Å². The second-order valence-corrected chi connectivity index (χ2v) is 33.4. The van der Waals surface area contributed by atoms with Gasteiger partial charge in [0.2, 0.25) is 0 Å². The van der Waals surface area contributed by atoms with E-state index in [2.05, 4.69) is 55.4 Å². The van der Waals surface area contributed by atoms with Crippen molar-refractivity contribution in [2.45, 2.75) is 427 Å². The van der Waals surface area contributed by atoms with Crippen LogP contribution in [0, 0.1) is 23.7 Å². The molecule has 0 amide bonds. The molecular weight excluding hydrogens is 1290 g/mol. The quantitative estimate of drug-likeness (QED) is 0.0222. The van der Waals surface area contributed by atoms with Crippen LogP contribution in [0.1, 0.15) is 409 Å². The summed E-state index contributed by atoms with van der Waals surface area (Å²) in [5.41, 5.74) is 0. The first-order chi connectivity index (χ1) is 47.6. The van der Waals surface area contributed by atoms with Gasteiger partial charge in [0.05, 0.1) is 26.4 Å². The fourth-order valence-corrected chi connectivity index (χ4v) is 13.8. The van der Waals surface area contributed by atoms with Gasteiger partial charge in [-0.15, -0.1) is 0 Å². The molecule has 0 fully saturated rings. The maximum absolute atomic E-state index is 13.1. The van der Waals surface area contributed by atoms with Gasteiger partial charge >= 0.3 is 39.5 Å². The van der Waals surface area contributed by atoms with Crippen molar-refractivity contribution in [1.29, 1.82) is 0 Å². The monoisotopic (exact) mass is 1450 g/mol. The zero-order valence-electron chi connectivity index (χ0n) is 65.1. The summed E-state index contributed by atoms with van der Waals surface area (Å²) in [5.74, 6) is 1.01. The molecule has 17 nitrogen and oxygen atoms in total. The number of esters is 4. The van der Waals surface area contributed by atoms with Gasteiger partial charge in [0.25, 0.3) is 0 Å². The predicted molar refractivity (Wildman–Crippen MR) is 404 cm³/mol. The summed E-state index contributed by atoms with van der Waals surface area (Å²) in [6.07, 6.45) is 55.4. The number of carbonyl (C=O) groups excluding carboxylic acids is 4. The van der Waals surface area contributed by atoms with Crippen molar-refractivity contribution in [2.24, 2.45) is 23.7 Å². The van der Waals surface area contributed by atoms with Gasteiger partial charge in [-0.2, -0.15) is 0 Å². The van der Waals surface area contributed by atoms with Crippen molar-refractivity contribution >= 4 is 39.5 Å². The third-order valence-electron chi connectivity index (χ3n) is 18.9. The standard InChI is InChI=1S/C80H156O17P2/c1-9-73(8)59-51-43-35-26-22-23-29-39-47-55-63-80(85)97-76(67-91-78(83)61-53-45-37-31-30-34-42-50-58-72(6)7)69-95-99(88,89)93-65-74(81)64-92-98(86,87)94-68-75(66-90-77(82)60-52-44-36-27-20-17-16-19-25-33-41-49-57-71(4)5)96-79(84)62-54-46-38-28-21-15-13-11-10-12-14-18-24-32-40-48-56-70(2)3/h70-76,81H,9-69H2,1-8H3,(H,86,87)(H,88,89)/t73?,74-,75-,76-/m1/s1. The molecule has 0 radical (unpaired) electrons. The molecule has 0 rings (SSSR count). The minimum absolute atomic E-state index is 0.105. The number of rotatable bonds is 77. The molecule has 99 heavy (non-hydrogen) atoms. The number of hydrogen-bond acceptors (Lipinski definition) is 15. The van der Waals surface area contributed by atoms with Crippen molar-refractivity contribution in [2.75, 3.05) is 39.6 Å². The van der Waals surface area contributed by atoms with Crippen LogP contribution in [-0.4, -0.2) is 96.7 Å². The fraction of sp³-hybridized carbons (Fsp3) is 0.950. The molecule has 3 N–H and O–H groups in total. The molecule has 0 saturated carbocycles. The van der Waals surface area contributed by atoms with E-state index in [0.29, 0.717) is 25.7 Å². The molecule has 0 aliphatic rings. The normalized spacial score (nSPS) is 14.3. The van der Waals surface area contributed by atoms with Crippen LogP contribution < -0.4 is 0 Å². The summed E-state index contributed by atoms with van der Waals surface area (Å²) in [6.45, 7) is 14.3. The summed E-state index contributed by atoms with van der Waals surface area (Å²) in [7, 11) is -9.92. The molecule has 6 atom stereocenters. The lowest BCUT2D eigenvalue weighted by atomic mass is 9.99. The highest BCUT2D eigenvalue weighted by Crippen LogP contribution is 2.45. The highest BCUT2D eigenvalue weighted by molar-refractivity contribution is 7.47. The minimum atomic E-state index is -4.96. The lowest BCUT2D eigenvalue weighted by molar-refractivity contribution is -0.161. The largest absolute Gasteiger partial charge is 0.472 e.